The number of anilines is 2. The molecule has 2 aromatic carbocycles. The highest BCUT2D eigenvalue weighted by molar-refractivity contribution is 7.15. The van der Waals surface area contributed by atoms with Gasteiger partial charge in [-0.1, -0.05) is 35.3 Å². The van der Waals surface area contributed by atoms with Gasteiger partial charge in [-0.05, 0) is 35.9 Å². The first kappa shape index (κ1) is 20.3. The van der Waals surface area contributed by atoms with Crippen molar-refractivity contribution in [3.05, 3.63) is 63.5 Å². The highest BCUT2D eigenvalue weighted by atomic mass is 35.5. The second-order valence-corrected chi connectivity index (χ2v) is 8.16. The van der Waals surface area contributed by atoms with E-state index in [1.165, 1.54) is 18.3 Å². The molecule has 2 N–H and O–H groups in total. The lowest BCUT2D eigenvalue weighted by Gasteiger charge is -2.05. The summed E-state index contributed by atoms with van der Waals surface area (Å²) in [6.45, 7) is 1.44. The zero-order valence-electron chi connectivity index (χ0n) is 15.6. The molecular weight excluding hydrogens is 445 g/mol. The molecule has 0 saturated carbocycles. The number of nitrogens with one attached hydrogen (secondary N) is 2. The average molecular weight is 460 g/mol. The van der Waals surface area contributed by atoms with E-state index in [0.717, 1.165) is 16.8 Å². The molecule has 4 aromatic rings. The molecule has 10 heteroatoms. The van der Waals surface area contributed by atoms with Crippen LogP contribution in [0.2, 0.25) is 10.0 Å². The van der Waals surface area contributed by atoms with Crippen molar-refractivity contribution in [2.45, 2.75) is 13.3 Å². The first-order chi connectivity index (χ1) is 14.4. The van der Waals surface area contributed by atoms with Crippen LogP contribution in [0.5, 0.6) is 0 Å². The lowest BCUT2D eigenvalue weighted by molar-refractivity contribution is -0.116. The summed E-state index contributed by atoms with van der Waals surface area (Å²) < 4.78 is 1.63. The van der Waals surface area contributed by atoms with Gasteiger partial charge < -0.3 is 5.32 Å². The second-order valence-electron chi connectivity index (χ2n) is 6.48. The monoisotopic (exact) mass is 459 g/mol. The number of hydrogen-bond donors (Lipinski definition) is 2. The normalized spacial score (nSPS) is 10.9. The fraction of sp³-hybridized carbons (Fsp3) is 0.100. The number of carbonyl (C=O) groups excluding carboxylic acids is 2. The van der Waals surface area contributed by atoms with Crippen molar-refractivity contribution in [2.24, 2.45) is 0 Å². The minimum Gasteiger partial charge on any atom is -0.326 e. The standard InChI is InChI=1S/C20H15Cl2N5O2S/c1-11(28)23-14-5-2-12(3-6-14)8-18(29)24-19-25-20-27(26-19)17(10-30-20)15-9-13(21)4-7-16(15)22/h2-7,9-10H,8H2,1H3,(H,23,28)(H,24,26,29). The van der Waals surface area contributed by atoms with Crippen LogP contribution >= 0.6 is 34.5 Å². The molecule has 0 unspecified atom stereocenters. The van der Waals surface area contributed by atoms with Crippen LogP contribution in [0.3, 0.4) is 0 Å². The third-order valence-electron chi connectivity index (χ3n) is 4.18. The van der Waals surface area contributed by atoms with Crippen molar-refractivity contribution < 1.29 is 9.59 Å². The van der Waals surface area contributed by atoms with Crippen molar-refractivity contribution in [1.29, 1.82) is 0 Å². The van der Waals surface area contributed by atoms with Gasteiger partial charge in [0.2, 0.25) is 22.7 Å². The number of benzene rings is 2. The maximum atomic E-state index is 12.4. The Hall–Kier alpha value is -2.94. The minimum absolute atomic E-state index is 0.148. The Morgan fingerprint density at radius 1 is 1.10 bits per heavy atom. The van der Waals surface area contributed by atoms with Gasteiger partial charge in [-0.25, -0.2) is 4.52 Å². The molecule has 0 radical (unpaired) electrons. The number of hydrogen-bond acceptors (Lipinski definition) is 5. The molecule has 4 rings (SSSR count). The summed E-state index contributed by atoms with van der Waals surface area (Å²) >= 11 is 13.8. The van der Waals surface area contributed by atoms with Crippen LogP contribution < -0.4 is 10.6 Å². The Labute approximate surface area is 185 Å². The highest BCUT2D eigenvalue weighted by Crippen LogP contribution is 2.33. The van der Waals surface area contributed by atoms with E-state index in [-0.39, 0.29) is 24.2 Å². The van der Waals surface area contributed by atoms with Crippen LogP contribution in [0.4, 0.5) is 11.6 Å². The van der Waals surface area contributed by atoms with Gasteiger partial charge in [-0.2, -0.15) is 4.98 Å². The number of thiazole rings is 1. The molecule has 7 nitrogen and oxygen atoms in total. The summed E-state index contributed by atoms with van der Waals surface area (Å²) in [5.74, 6) is -0.186. The van der Waals surface area contributed by atoms with Gasteiger partial charge in [-0.15, -0.1) is 16.4 Å². The van der Waals surface area contributed by atoms with Gasteiger partial charge in [0.1, 0.15) is 0 Å². The average Bonchev–Trinajstić information content (AvgIpc) is 3.25. The Morgan fingerprint density at radius 3 is 2.60 bits per heavy atom. The van der Waals surface area contributed by atoms with Crippen LogP contribution in [0.25, 0.3) is 16.2 Å². The first-order valence-electron chi connectivity index (χ1n) is 8.85. The molecule has 2 amide bonds. The number of rotatable bonds is 5. The number of nitrogens with zero attached hydrogens (tertiary/aromatic N) is 3. The topological polar surface area (TPSA) is 88.4 Å². The van der Waals surface area contributed by atoms with E-state index in [1.807, 2.05) is 5.38 Å². The van der Waals surface area contributed by atoms with Crippen molar-refractivity contribution in [1.82, 2.24) is 14.6 Å². The third-order valence-corrected chi connectivity index (χ3v) is 5.56. The Balaban J connectivity index is 1.49. The Kier molecular flexibility index (Phi) is 5.72. The molecule has 0 bridgehead atoms. The molecule has 0 spiro atoms. The van der Waals surface area contributed by atoms with Crippen molar-refractivity contribution in [3.8, 4) is 11.3 Å². The van der Waals surface area contributed by atoms with Gasteiger partial charge in [0.25, 0.3) is 0 Å². The summed E-state index contributed by atoms with van der Waals surface area (Å²) in [6, 6.07) is 12.3. The smallest absolute Gasteiger partial charge is 0.250 e. The lowest BCUT2D eigenvalue weighted by Crippen LogP contribution is -2.15. The minimum atomic E-state index is -0.247. The van der Waals surface area contributed by atoms with Crippen molar-refractivity contribution in [2.75, 3.05) is 10.6 Å². The maximum absolute atomic E-state index is 12.4. The third kappa shape index (κ3) is 4.46. The molecule has 0 saturated heterocycles. The quantitative estimate of drug-likeness (QED) is 0.443. The van der Waals surface area contributed by atoms with Crippen molar-refractivity contribution in [3.63, 3.8) is 0 Å². The summed E-state index contributed by atoms with van der Waals surface area (Å²) in [4.78, 5) is 28.4. The molecule has 152 valence electrons. The van der Waals surface area contributed by atoms with Crippen LogP contribution in [-0.4, -0.2) is 26.4 Å². The van der Waals surface area contributed by atoms with E-state index >= 15 is 0 Å². The van der Waals surface area contributed by atoms with E-state index in [0.29, 0.717) is 20.7 Å². The molecule has 0 aliphatic rings. The van der Waals surface area contributed by atoms with Gasteiger partial charge in [0.05, 0.1) is 17.1 Å². The second kappa shape index (κ2) is 8.43. The molecular formula is C20H15Cl2N5O2S. The van der Waals surface area contributed by atoms with E-state index < -0.39 is 0 Å². The predicted molar refractivity (Wildman–Crippen MR) is 119 cm³/mol. The van der Waals surface area contributed by atoms with E-state index in [9.17, 15) is 9.59 Å². The molecule has 0 atom stereocenters. The lowest BCUT2D eigenvalue weighted by atomic mass is 10.1. The van der Waals surface area contributed by atoms with Gasteiger partial charge in [-0.3, -0.25) is 14.9 Å². The molecule has 2 heterocycles. The van der Waals surface area contributed by atoms with Gasteiger partial charge in [0, 0.05) is 28.6 Å². The number of halogens is 2. The summed E-state index contributed by atoms with van der Waals surface area (Å²) in [5.41, 5.74) is 2.95. The largest absolute Gasteiger partial charge is 0.326 e. The van der Waals surface area contributed by atoms with E-state index in [1.54, 1.807) is 47.0 Å². The van der Waals surface area contributed by atoms with E-state index in [4.69, 9.17) is 23.2 Å². The van der Waals surface area contributed by atoms with Crippen LogP contribution in [0.15, 0.2) is 47.8 Å². The molecule has 0 fully saturated rings. The number of carbonyl (C=O) groups is 2. The zero-order valence-corrected chi connectivity index (χ0v) is 18.0. The summed E-state index contributed by atoms with van der Waals surface area (Å²) in [5, 5.41) is 12.8. The number of fused-ring (bicyclic) bond motifs is 1. The SMILES string of the molecule is CC(=O)Nc1ccc(CC(=O)Nc2nc3scc(-c4cc(Cl)ccc4Cl)n3n2)cc1. The first-order valence-corrected chi connectivity index (χ1v) is 10.5. The molecule has 0 aliphatic carbocycles. The number of aromatic nitrogens is 3. The van der Waals surface area contributed by atoms with Crippen LogP contribution in [0, 0.1) is 0 Å². The van der Waals surface area contributed by atoms with Gasteiger partial charge in [0.15, 0.2) is 0 Å². The van der Waals surface area contributed by atoms with Crippen LogP contribution in [-0.2, 0) is 16.0 Å². The summed E-state index contributed by atoms with van der Waals surface area (Å²) in [7, 11) is 0. The van der Waals surface area contributed by atoms with Crippen LogP contribution in [0.1, 0.15) is 12.5 Å². The predicted octanol–water partition coefficient (Wildman–Crippen LogP) is 4.90. The molecule has 2 aromatic heterocycles. The fourth-order valence-corrected chi connectivity index (χ4v) is 4.09. The maximum Gasteiger partial charge on any atom is 0.250 e. The molecule has 0 aliphatic heterocycles. The highest BCUT2D eigenvalue weighted by Gasteiger charge is 2.16. The summed E-state index contributed by atoms with van der Waals surface area (Å²) in [6.07, 6.45) is 0.153. The Morgan fingerprint density at radius 2 is 1.87 bits per heavy atom. The molecule has 30 heavy (non-hydrogen) atoms. The number of amides is 2. The van der Waals surface area contributed by atoms with E-state index in [2.05, 4.69) is 20.7 Å². The van der Waals surface area contributed by atoms with Crippen molar-refractivity contribution >= 4 is 62.9 Å². The van der Waals surface area contributed by atoms with Gasteiger partial charge >= 0.3 is 0 Å². The zero-order chi connectivity index (χ0) is 21.3. The Bertz CT molecular complexity index is 1250. The fourth-order valence-electron chi connectivity index (χ4n) is 2.88.